The average Bonchev–Trinajstić information content (AvgIpc) is 2.22. The number of nitriles is 1. The molecule has 0 N–H and O–H groups in total. The predicted octanol–water partition coefficient (Wildman–Crippen LogP) is 3.29. The van der Waals surface area contributed by atoms with Gasteiger partial charge >= 0.3 is 0 Å². The van der Waals surface area contributed by atoms with E-state index in [9.17, 15) is 4.39 Å². The Morgan fingerprint density at radius 2 is 2.00 bits per heavy atom. The number of benzene rings is 1. The summed E-state index contributed by atoms with van der Waals surface area (Å²) in [5.74, 6) is -0.440. The molecule has 0 spiro atoms. The first-order valence-corrected chi connectivity index (χ1v) is 4.46. The van der Waals surface area contributed by atoms with Crippen LogP contribution in [-0.2, 0) is 6.42 Å². The topological polar surface area (TPSA) is 23.8 Å². The van der Waals surface area contributed by atoms with Crippen LogP contribution in [0.5, 0.6) is 0 Å². The lowest BCUT2D eigenvalue weighted by molar-refractivity contribution is 0.623. The Morgan fingerprint density at radius 1 is 1.38 bits per heavy atom. The fourth-order valence-corrected chi connectivity index (χ4v) is 0.878. The molecular formula is C11H14FN. The van der Waals surface area contributed by atoms with Gasteiger partial charge < -0.3 is 0 Å². The highest BCUT2D eigenvalue weighted by atomic mass is 19.1. The second kappa shape index (κ2) is 6.19. The van der Waals surface area contributed by atoms with E-state index < -0.39 is 5.82 Å². The van der Waals surface area contributed by atoms with Gasteiger partial charge in [-0.2, -0.15) is 5.26 Å². The number of halogens is 1. The van der Waals surface area contributed by atoms with Crippen LogP contribution in [0.3, 0.4) is 0 Å². The molecule has 0 aliphatic rings. The van der Waals surface area contributed by atoms with Gasteiger partial charge in [-0.05, 0) is 24.1 Å². The zero-order valence-corrected chi connectivity index (χ0v) is 8.26. The molecule has 0 radical (unpaired) electrons. The molecule has 0 atom stereocenters. The fraction of sp³-hybridized carbons (Fsp3) is 0.364. The van der Waals surface area contributed by atoms with Crippen LogP contribution in [0.15, 0.2) is 18.2 Å². The molecule has 0 fully saturated rings. The van der Waals surface area contributed by atoms with Crippen LogP contribution in [-0.4, -0.2) is 0 Å². The van der Waals surface area contributed by atoms with Crippen LogP contribution in [0.25, 0.3) is 0 Å². The third-order valence-electron chi connectivity index (χ3n) is 1.56. The largest absolute Gasteiger partial charge is 0.206 e. The Bertz CT molecular complexity index is 299. The molecule has 1 aromatic carbocycles. The Morgan fingerprint density at radius 3 is 2.46 bits per heavy atom. The summed E-state index contributed by atoms with van der Waals surface area (Å²) >= 11 is 0. The van der Waals surface area contributed by atoms with E-state index in [0.29, 0.717) is 0 Å². The summed E-state index contributed by atoms with van der Waals surface area (Å²) in [6.07, 6.45) is 0.828. The van der Waals surface area contributed by atoms with Gasteiger partial charge in [0, 0.05) is 0 Å². The minimum absolute atomic E-state index is 0.129. The third-order valence-corrected chi connectivity index (χ3v) is 1.56. The van der Waals surface area contributed by atoms with Crippen LogP contribution in [0.2, 0.25) is 0 Å². The normalized spacial score (nSPS) is 8.23. The van der Waals surface area contributed by atoms with Gasteiger partial charge in [-0.25, -0.2) is 4.39 Å². The van der Waals surface area contributed by atoms with E-state index in [2.05, 4.69) is 0 Å². The molecule has 13 heavy (non-hydrogen) atoms. The van der Waals surface area contributed by atoms with E-state index in [4.69, 9.17) is 5.26 Å². The summed E-state index contributed by atoms with van der Waals surface area (Å²) < 4.78 is 12.7. The van der Waals surface area contributed by atoms with Crippen molar-refractivity contribution >= 4 is 0 Å². The first-order valence-electron chi connectivity index (χ1n) is 4.46. The van der Waals surface area contributed by atoms with Gasteiger partial charge in [-0.15, -0.1) is 0 Å². The van der Waals surface area contributed by atoms with E-state index in [1.165, 1.54) is 6.07 Å². The third kappa shape index (κ3) is 3.25. The van der Waals surface area contributed by atoms with Crippen molar-refractivity contribution in [1.82, 2.24) is 0 Å². The average molecular weight is 179 g/mol. The van der Waals surface area contributed by atoms with Crippen molar-refractivity contribution < 1.29 is 4.39 Å². The minimum atomic E-state index is -0.440. The van der Waals surface area contributed by atoms with Crippen molar-refractivity contribution in [2.45, 2.75) is 27.2 Å². The second-order valence-electron chi connectivity index (χ2n) is 2.28. The van der Waals surface area contributed by atoms with E-state index in [0.717, 1.165) is 12.0 Å². The van der Waals surface area contributed by atoms with Crippen LogP contribution in [0.4, 0.5) is 4.39 Å². The van der Waals surface area contributed by atoms with Crippen LogP contribution >= 0.6 is 0 Å². The molecule has 0 heterocycles. The molecule has 0 amide bonds. The maximum atomic E-state index is 12.7. The maximum Gasteiger partial charge on any atom is 0.140 e. The molecule has 70 valence electrons. The van der Waals surface area contributed by atoms with Gasteiger partial charge in [0.2, 0.25) is 0 Å². The zero-order valence-electron chi connectivity index (χ0n) is 8.26. The Hall–Kier alpha value is -1.36. The van der Waals surface area contributed by atoms with Crippen molar-refractivity contribution in [2.24, 2.45) is 0 Å². The number of hydrogen-bond donors (Lipinski definition) is 0. The predicted molar refractivity (Wildman–Crippen MR) is 51.8 cm³/mol. The molecule has 0 saturated heterocycles. The Labute approximate surface area is 78.8 Å². The highest BCUT2D eigenvalue weighted by Gasteiger charge is 2.00. The van der Waals surface area contributed by atoms with Crippen molar-refractivity contribution in [3.8, 4) is 6.07 Å². The van der Waals surface area contributed by atoms with Gasteiger partial charge in [0.25, 0.3) is 0 Å². The van der Waals surface area contributed by atoms with Gasteiger partial charge in [-0.3, -0.25) is 0 Å². The maximum absolute atomic E-state index is 12.7. The van der Waals surface area contributed by atoms with Crippen molar-refractivity contribution in [1.29, 1.82) is 5.26 Å². The van der Waals surface area contributed by atoms with E-state index in [1.54, 1.807) is 18.2 Å². The lowest BCUT2D eigenvalue weighted by atomic mass is 10.1. The van der Waals surface area contributed by atoms with Crippen LogP contribution in [0, 0.1) is 17.1 Å². The lowest BCUT2D eigenvalue weighted by Gasteiger charge is -1.96. The minimum Gasteiger partial charge on any atom is -0.206 e. The standard InChI is InChI=1S/C9H8FN.C2H6/c1-2-7-3-4-9(10)8(5-7)6-11;1-2/h3-5H,2H2,1H3;1-2H3. The number of rotatable bonds is 1. The Kier molecular flexibility index (Phi) is 5.54. The monoisotopic (exact) mass is 179 g/mol. The molecular weight excluding hydrogens is 165 g/mol. The molecule has 2 heteroatoms. The summed E-state index contributed by atoms with van der Waals surface area (Å²) in [7, 11) is 0. The summed E-state index contributed by atoms with van der Waals surface area (Å²) in [4.78, 5) is 0. The first kappa shape index (κ1) is 11.6. The summed E-state index contributed by atoms with van der Waals surface area (Å²) in [6.45, 7) is 5.97. The van der Waals surface area contributed by atoms with Crippen LogP contribution in [0.1, 0.15) is 31.9 Å². The van der Waals surface area contributed by atoms with Gasteiger partial charge in [0.1, 0.15) is 11.9 Å². The highest BCUT2D eigenvalue weighted by Crippen LogP contribution is 2.09. The van der Waals surface area contributed by atoms with Crippen molar-refractivity contribution in [2.75, 3.05) is 0 Å². The molecule has 0 aromatic heterocycles. The van der Waals surface area contributed by atoms with Crippen LogP contribution < -0.4 is 0 Å². The molecule has 0 saturated carbocycles. The number of hydrogen-bond acceptors (Lipinski definition) is 1. The molecule has 0 unspecified atom stereocenters. The number of aryl methyl sites for hydroxylation is 1. The molecule has 0 aliphatic carbocycles. The summed E-state index contributed by atoms with van der Waals surface area (Å²) in [5, 5.41) is 8.45. The van der Waals surface area contributed by atoms with Gasteiger partial charge in [0.05, 0.1) is 5.56 Å². The summed E-state index contributed by atoms with van der Waals surface area (Å²) in [6, 6.07) is 6.40. The van der Waals surface area contributed by atoms with Crippen molar-refractivity contribution in [3.05, 3.63) is 35.1 Å². The fourth-order valence-electron chi connectivity index (χ4n) is 0.878. The molecule has 1 rings (SSSR count). The molecule has 0 bridgehead atoms. The molecule has 1 aromatic rings. The van der Waals surface area contributed by atoms with Gasteiger partial charge in [-0.1, -0.05) is 26.8 Å². The highest BCUT2D eigenvalue weighted by molar-refractivity contribution is 5.34. The molecule has 0 aliphatic heterocycles. The number of nitrogens with zero attached hydrogens (tertiary/aromatic N) is 1. The zero-order chi connectivity index (χ0) is 10.3. The van der Waals surface area contributed by atoms with E-state index in [1.807, 2.05) is 20.8 Å². The lowest BCUT2D eigenvalue weighted by Crippen LogP contribution is -1.86. The smallest absolute Gasteiger partial charge is 0.140 e. The Balaban J connectivity index is 0.000000671. The van der Waals surface area contributed by atoms with Crippen molar-refractivity contribution in [3.63, 3.8) is 0 Å². The van der Waals surface area contributed by atoms with E-state index >= 15 is 0 Å². The first-order chi connectivity index (χ1) is 6.27. The SMILES string of the molecule is CC.CCc1ccc(F)c(C#N)c1. The second-order valence-corrected chi connectivity index (χ2v) is 2.28. The quantitative estimate of drug-likeness (QED) is 0.649. The van der Waals surface area contributed by atoms with E-state index in [-0.39, 0.29) is 5.56 Å². The summed E-state index contributed by atoms with van der Waals surface area (Å²) in [5.41, 5.74) is 1.12. The van der Waals surface area contributed by atoms with Gasteiger partial charge in [0.15, 0.2) is 0 Å². The molecule has 1 nitrogen and oxygen atoms in total.